The Labute approximate surface area is 203 Å². The predicted octanol–water partition coefficient (Wildman–Crippen LogP) is 3.48. The van der Waals surface area contributed by atoms with E-state index < -0.39 is 35.8 Å². The van der Waals surface area contributed by atoms with E-state index in [1.54, 1.807) is 20.8 Å². The molecule has 2 aliphatic rings. The Balaban J connectivity index is 1.41. The number of benzene rings is 1. The molecule has 2 N–H and O–H groups in total. The maximum atomic E-state index is 12.5. The highest BCUT2D eigenvalue weighted by Crippen LogP contribution is 2.24. The molecule has 2 saturated heterocycles. The normalized spacial score (nSPS) is 19.1. The lowest BCUT2D eigenvalue weighted by Gasteiger charge is -2.31. The molecule has 2 aliphatic heterocycles. The van der Waals surface area contributed by atoms with Gasteiger partial charge in [-0.25, -0.2) is 14.4 Å². The molecular formula is C23H31ClN4O6. The average molecular weight is 495 g/mol. The topological polar surface area (TPSA) is 117 Å². The number of imide groups is 1. The number of hydrogen-bond acceptors (Lipinski definition) is 6. The third-order valence-corrected chi connectivity index (χ3v) is 5.88. The van der Waals surface area contributed by atoms with Gasteiger partial charge >= 0.3 is 18.2 Å². The first-order valence-electron chi connectivity index (χ1n) is 11.3. The van der Waals surface area contributed by atoms with Gasteiger partial charge in [0.15, 0.2) is 0 Å². The minimum absolute atomic E-state index is 0.188. The summed E-state index contributed by atoms with van der Waals surface area (Å²) in [6.45, 7) is 5.90. The Hall–Kier alpha value is -3.01. The van der Waals surface area contributed by atoms with Crippen LogP contribution in [0.2, 0.25) is 5.02 Å². The van der Waals surface area contributed by atoms with Crippen LogP contribution in [0.1, 0.15) is 45.6 Å². The van der Waals surface area contributed by atoms with Crippen LogP contribution >= 0.6 is 11.6 Å². The number of amides is 5. The van der Waals surface area contributed by atoms with E-state index in [1.165, 1.54) is 10.5 Å². The van der Waals surface area contributed by atoms with Crippen molar-refractivity contribution in [3.05, 3.63) is 34.9 Å². The Morgan fingerprint density at radius 3 is 2.41 bits per heavy atom. The highest BCUT2D eigenvalue weighted by atomic mass is 35.5. The number of likely N-dealkylation sites (tertiary alicyclic amines) is 1. The van der Waals surface area contributed by atoms with E-state index in [1.807, 2.05) is 24.3 Å². The largest absolute Gasteiger partial charge is 0.444 e. The van der Waals surface area contributed by atoms with Gasteiger partial charge in [-0.1, -0.05) is 28.8 Å². The lowest BCUT2D eigenvalue weighted by molar-refractivity contribution is -0.151. The van der Waals surface area contributed by atoms with E-state index >= 15 is 0 Å². The first-order chi connectivity index (χ1) is 16.0. The van der Waals surface area contributed by atoms with Crippen molar-refractivity contribution in [3.63, 3.8) is 0 Å². The molecule has 0 aromatic heterocycles. The monoisotopic (exact) mass is 494 g/mol. The van der Waals surface area contributed by atoms with Crippen LogP contribution in [0.15, 0.2) is 24.3 Å². The van der Waals surface area contributed by atoms with E-state index in [4.69, 9.17) is 21.2 Å². The number of nitrogens with one attached hydrogen (secondary N) is 2. The molecule has 0 spiro atoms. The van der Waals surface area contributed by atoms with Crippen molar-refractivity contribution in [2.45, 2.75) is 58.1 Å². The van der Waals surface area contributed by atoms with Crippen molar-refractivity contribution in [3.8, 4) is 0 Å². The number of piperidine rings is 1. The maximum absolute atomic E-state index is 12.5. The molecule has 186 valence electrons. The fourth-order valence-electron chi connectivity index (χ4n) is 3.80. The number of urea groups is 1. The predicted molar refractivity (Wildman–Crippen MR) is 124 cm³/mol. The highest BCUT2D eigenvalue weighted by molar-refractivity contribution is 6.30. The molecule has 34 heavy (non-hydrogen) atoms. The van der Waals surface area contributed by atoms with Gasteiger partial charge in [-0.15, -0.1) is 0 Å². The van der Waals surface area contributed by atoms with Gasteiger partial charge in [0.25, 0.3) is 5.91 Å². The lowest BCUT2D eigenvalue weighted by Crippen LogP contribution is -2.45. The highest BCUT2D eigenvalue weighted by Gasteiger charge is 2.42. The maximum Gasteiger partial charge on any atom is 0.434 e. The van der Waals surface area contributed by atoms with Gasteiger partial charge in [0.05, 0.1) is 6.54 Å². The molecule has 3 rings (SSSR count). The van der Waals surface area contributed by atoms with Crippen LogP contribution in [-0.2, 0) is 20.8 Å². The van der Waals surface area contributed by atoms with Crippen LogP contribution in [0.25, 0.3) is 0 Å². The molecule has 10 nitrogen and oxygen atoms in total. The number of hydroxylamine groups is 2. The second-order valence-electron chi connectivity index (χ2n) is 9.47. The molecule has 1 unspecified atom stereocenters. The van der Waals surface area contributed by atoms with E-state index in [2.05, 4.69) is 10.6 Å². The van der Waals surface area contributed by atoms with Crippen molar-refractivity contribution >= 4 is 35.7 Å². The summed E-state index contributed by atoms with van der Waals surface area (Å²) in [5, 5.41) is 5.93. The molecule has 2 fully saturated rings. The number of alkyl carbamates (subject to hydrolysis) is 1. The minimum Gasteiger partial charge on any atom is -0.444 e. The SMILES string of the molecule is CC(C)(C)OC(=O)NCC1NC(=O)N(OC(=O)N2CCC(CCc3ccc(Cl)cc3)CC2)C1=O. The quantitative estimate of drug-likeness (QED) is 0.585. The van der Waals surface area contributed by atoms with Crippen molar-refractivity contribution in [1.82, 2.24) is 20.6 Å². The summed E-state index contributed by atoms with van der Waals surface area (Å²) in [5.41, 5.74) is 0.526. The Kier molecular flexibility index (Phi) is 8.24. The third-order valence-electron chi connectivity index (χ3n) is 5.63. The Morgan fingerprint density at radius 1 is 1.15 bits per heavy atom. The molecule has 1 aromatic rings. The summed E-state index contributed by atoms with van der Waals surface area (Å²) in [4.78, 5) is 55.4. The molecule has 1 aromatic carbocycles. The minimum atomic E-state index is -1.05. The summed E-state index contributed by atoms with van der Waals surface area (Å²) in [5.74, 6) is -0.285. The molecule has 0 radical (unpaired) electrons. The van der Waals surface area contributed by atoms with Gasteiger partial charge in [-0.3, -0.25) is 4.79 Å². The fourth-order valence-corrected chi connectivity index (χ4v) is 3.92. The first-order valence-corrected chi connectivity index (χ1v) is 11.7. The summed E-state index contributed by atoms with van der Waals surface area (Å²) in [6.07, 6.45) is 2.10. The van der Waals surface area contributed by atoms with Crippen LogP contribution in [-0.4, -0.2) is 65.4 Å². The number of carbonyl (C=O) groups is 4. The fraction of sp³-hybridized carbons (Fsp3) is 0.565. The molecular weight excluding hydrogens is 464 g/mol. The van der Waals surface area contributed by atoms with E-state index in [0.717, 1.165) is 25.7 Å². The van der Waals surface area contributed by atoms with Gasteiger partial charge in [0.1, 0.15) is 11.6 Å². The standard InChI is InChI=1S/C23H31ClN4O6/c1-23(2,3)33-21(31)25-14-18-19(29)28(20(30)26-18)34-22(32)27-12-10-16(11-13-27)5-4-15-6-8-17(24)9-7-15/h6-9,16,18H,4-5,10-14H2,1-3H3,(H,25,31)(H,26,30). The van der Waals surface area contributed by atoms with Crippen molar-refractivity contribution in [2.75, 3.05) is 19.6 Å². The number of carbonyl (C=O) groups excluding carboxylic acids is 4. The van der Waals surface area contributed by atoms with Gasteiger partial charge in [-0.05, 0) is 70.1 Å². The van der Waals surface area contributed by atoms with E-state index in [9.17, 15) is 19.2 Å². The molecule has 0 aliphatic carbocycles. The number of halogens is 1. The summed E-state index contributed by atoms with van der Waals surface area (Å²) >= 11 is 5.92. The second-order valence-corrected chi connectivity index (χ2v) is 9.91. The molecule has 2 heterocycles. The van der Waals surface area contributed by atoms with Gasteiger partial charge < -0.3 is 25.1 Å². The number of nitrogens with zero attached hydrogens (tertiary/aromatic N) is 2. The van der Waals surface area contributed by atoms with Crippen LogP contribution in [0.5, 0.6) is 0 Å². The number of hydrogen-bond donors (Lipinski definition) is 2. The van der Waals surface area contributed by atoms with Crippen LogP contribution in [0, 0.1) is 5.92 Å². The van der Waals surface area contributed by atoms with E-state index in [-0.39, 0.29) is 6.54 Å². The van der Waals surface area contributed by atoms with Crippen LogP contribution in [0.3, 0.4) is 0 Å². The first kappa shape index (κ1) is 25.6. The summed E-state index contributed by atoms with van der Waals surface area (Å²) in [6, 6.07) is 5.89. The second kappa shape index (κ2) is 10.9. The van der Waals surface area contributed by atoms with Crippen molar-refractivity contribution in [1.29, 1.82) is 0 Å². The summed E-state index contributed by atoms with van der Waals surface area (Å²) in [7, 11) is 0. The number of ether oxygens (including phenoxy) is 1. The number of aryl methyl sites for hydroxylation is 1. The van der Waals surface area contributed by atoms with Crippen LogP contribution in [0.4, 0.5) is 14.4 Å². The lowest BCUT2D eigenvalue weighted by atomic mass is 9.91. The number of rotatable bonds is 6. The average Bonchev–Trinajstić information content (AvgIpc) is 3.04. The van der Waals surface area contributed by atoms with Crippen LogP contribution < -0.4 is 10.6 Å². The Bertz CT molecular complexity index is 909. The molecule has 1 atom stereocenters. The molecule has 5 amide bonds. The van der Waals surface area contributed by atoms with Gasteiger partial charge in [0.2, 0.25) is 0 Å². The van der Waals surface area contributed by atoms with E-state index in [0.29, 0.717) is 29.1 Å². The molecule has 0 bridgehead atoms. The zero-order chi connectivity index (χ0) is 24.9. The Morgan fingerprint density at radius 2 is 1.79 bits per heavy atom. The van der Waals surface area contributed by atoms with Crippen molar-refractivity contribution < 1.29 is 28.8 Å². The van der Waals surface area contributed by atoms with Crippen molar-refractivity contribution in [2.24, 2.45) is 5.92 Å². The summed E-state index contributed by atoms with van der Waals surface area (Å²) < 4.78 is 5.10. The third kappa shape index (κ3) is 7.24. The van der Waals surface area contributed by atoms with Gasteiger partial charge in [-0.2, -0.15) is 0 Å². The molecule has 11 heteroatoms. The van der Waals surface area contributed by atoms with Gasteiger partial charge in [0, 0.05) is 18.1 Å². The zero-order valence-electron chi connectivity index (χ0n) is 19.6. The smallest absolute Gasteiger partial charge is 0.434 e. The zero-order valence-corrected chi connectivity index (χ0v) is 20.4. The molecule has 0 saturated carbocycles.